The minimum atomic E-state index is -3.19. The Balaban J connectivity index is 1.63. The number of hydrogen-bond acceptors (Lipinski definition) is 6. The molecule has 0 bridgehead atoms. The number of para-hydroxylation sites is 2. The Kier molecular flexibility index (Phi) is 5.01. The topological polar surface area (TPSA) is 107 Å². The van der Waals surface area contributed by atoms with Gasteiger partial charge in [0.2, 0.25) is 5.91 Å². The second-order valence-electron chi connectivity index (χ2n) is 6.82. The number of sulfone groups is 1. The van der Waals surface area contributed by atoms with E-state index in [2.05, 4.69) is 10.4 Å². The minimum absolute atomic E-state index is 0.0401. The molecule has 1 amide bonds. The van der Waals surface area contributed by atoms with Gasteiger partial charge in [-0.1, -0.05) is 36.4 Å². The van der Waals surface area contributed by atoms with Gasteiger partial charge in [-0.15, -0.1) is 0 Å². The molecule has 1 aliphatic rings. The zero-order valence-corrected chi connectivity index (χ0v) is 16.3. The van der Waals surface area contributed by atoms with E-state index >= 15 is 0 Å². The number of anilines is 1. The van der Waals surface area contributed by atoms with E-state index in [9.17, 15) is 18.0 Å². The van der Waals surface area contributed by atoms with Gasteiger partial charge in [-0.05, 0) is 41.1 Å². The first-order valence-electron chi connectivity index (χ1n) is 9.10. The zero-order chi connectivity index (χ0) is 20.4. The molecule has 1 aromatic heterocycles. The third kappa shape index (κ3) is 3.97. The molecular formula is C19H19N5O4S. The van der Waals surface area contributed by atoms with Crippen molar-refractivity contribution >= 4 is 21.4 Å². The number of amides is 1. The highest BCUT2D eigenvalue weighted by Gasteiger charge is 2.35. The normalized spacial score (nSPS) is 17.9. The molecule has 0 radical (unpaired) electrons. The molecule has 1 fully saturated rings. The molecule has 1 aliphatic heterocycles. The van der Waals surface area contributed by atoms with E-state index in [4.69, 9.17) is 0 Å². The fourth-order valence-corrected chi connectivity index (χ4v) is 5.13. The van der Waals surface area contributed by atoms with E-state index in [0.717, 1.165) is 9.36 Å². The summed E-state index contributed by atoms with van der Waals surface area (Å²) in [6.07, 6.45) is 0.356. The van der Waals surface area contributed by atoms with Gasteiger partial charge >= 0.3 is 5.69 Å². The highest BCUT2D eigenvalue weighted by Crippen LogP contribution is 2.24. The third-order valence-corrected chi connectivity index (χ3v) is 6.55. The lowest BCUT2D eigenvalue weighted by Crippen LogP contribution is -2.44. The van der Waals surface area contributed by atoms with Crippen LogP contribution in [0.2, 0.25) is 0 Å². The standard InChI is InChI=1S/C19H19N5O4S/c25-18(13-22-19(26)24(21-20-22)16-9-5-2-6-10-16)23(15-7-3-1-4-8-15)17-11-12-29(27,28)14-17/h1-10,17H,11-14H2/t17-/m1/s1. The molecule has 0 spiro atoms. The van der Waals surface area contributed by atoms with E-state index < -0.39 is 27.5 Å². The van der Waals surface area contributed by atoms with Crippen molar-refractivity contribution in [3.05, 3.63) is 71.1 Å². The number of aromatic nitrogens is 4. The van der Waals surface area contributed by atoms with Crippen molar-refractivity contribution in [1.82, 2.24) is 19.8 Å². The number of tetrazole rings is 1. The maximum absolute atomic E-state index is 13.1. The maximum atomic E-state index is 13.1. The van der Waals surface area contributed by atoms with Gasteiger partial charge in [0.15, 0.2) is 9.84 Å². The summed E-state index contributed by atoms with van der Waals surface area (Å²) in [4.78, 5) is 27.2. The van der Waals surface area contributed by atoms with Crippen molar-refractivity contribution in [3.8, 4) is 5.69 Å². The van der Waals surface area contributed by atoms with Crippen LogP contribution in [0, 0.1) is 0 Å². The molecule has 0 aliphatic carbocycles. The largest absolute Gasteiger partial charge is 0.368 e. The van der Waals surface area contributed by atoms with E-state index in [1.54, 1.807) is 48.5 Å². The fourth-order valence-electron chi connectivity index (χ4n) is 3.44. The summed E-state index contributed by atoms with van der Waals surface area (Å²) >= 11 is 0. The van der Waals surface area contributed by atoms with E-state index in [-0.39, 0.29) is 18.1 Å². The van der Waals surface area contributed by atoms with Crippen molar-refractivity contribution in [3.63, 3.8) is 0 Å². The summed E-state index contributed by atoms with van der Waals surface area (Å²) < 4.78 is 26.0. The minimum Gasteiger partial charge on any atom is -0.307 e. The molecule has 2 aromatic carbocycles. The summed E-state index contributed by atoms with van der Waals surface area (Å²) in [5.41, 5.74) is 0.581. The van der Waals surface area contributed by atoms with Crippen molar-refractivity contribution < 1.29 is 13.2 Å². The second-order valence-corrected chi connectivity index (χ2v) is 9.05. The molecule has 0 saturated carbocycles. The van der Waals surface area contributed by atoms with Gasteiger partial charge in [0.25, 0.3) is 0 Å². The summed E-state index contributed by atoms with van der Waals surface area (Å²) in [5.74, 6) is -0.474. The first-order valence-corrected chi connectivity index (χ1v) is 10.9. The number of hydrogen-bond donors (Lipinski definition) is 0. The van der Waals surface area contributed by atoms with Crippen LogP contribution in [-0.4, -0.2) is 51.7 Å². The average Bonchev–Trinajstić information content (AvgIpc) is 3.26. The van der Waals surface area contributed by atoms with E-state index in [0.29, 0.717) is 17.8 Å². The van der Waals surface area contributed by atoms with Crippen molar-refractivity contribution in [1.29, 1.82) is 0 Å². The monoisotopic (exact) mass is 413 g/mol. The van der Waals surface area contributed by atoms with Gasteiger partial charge in [0.05, 0.1) is 23.2 Å². The van der Waals surface area contributed by atoms with Crippen LogP contribution in [0.25, 0.3) is 5.69 Å². The zero-order valence-electron chi connectivity index (χ0n) is 15.5. The van der Waals surface area contributed by atoms with Gasteiger partial charge < -0.3 is 4.90 Å². The number of carbonyl (C=O) groups excluding carboxylic acids is 1. The molecule has 4 rings (SSSR count). The number of rotatable bonds is 5. The van der Waals surface area contributed by atoms with Crippen LogP contribution in [0.5, 0.6) is 0 Å². The predicted molar refractivity (Wildman–Crippen MR) is 107 cm³/mol. The molecule has 150 valence electrons. The molecule has 9 nitrogen and oxygen atoms in total. The van der Waals surface area contributed by atoms with Crippen LogP contribution in [0.4, 0.5) is 5.69 Å². The summed E-state index contributed by atoms with van der Waals surface area (Å²) in [7, 11) is -3.19. The third-order valence-electron chi connectivity index (χ3n) is 4.80. The van der Waals surface area contributed by atoms with Crippen LogP contribution < -0.4 is 10.6 Å². The first-order chi connectivity index (χ1) is 13.9. The van der Waals surface area contributed by atoms with Gasteiger partial charge in [0.1, 0.15) is 6.54 Å². The number of nitrogens with zero attached hydrogens (tertiary/aromatic N) is 5. The Morgan fingerprint density at radius 1 is 1.03 bits per heavy atom. The highest BCUT2D eigenvalue weighted by molar-refractivity contribution is 7.91. The van der Waals surface area contributed by atoms with Crippen LogP contribution in [0.3, 0.4) is 0 Å². The quantitative estimate of drug-likeness (QED) is 0.608. The van der Waals surface area contributed by atoms with Gasteiger partial charge in [-0.2, -0.15) is 9.36 Å². The molecule has 10 heteroatoms. The van der Waals surface area contributed by atoms with Gasteiger partial charge in [0, 0.05) is 5.69 Å². The van der Waals surface area contributed by atoms with E-state index in [1.807, 2.05) is 12.1 Å². The average molecular weight is 413 g/mol. The Labute approximate surface area is 167 Å². The summed E-state index contributed by atoms with van der Waals surface area (Å²) in [5, 5.41) is 7.66. The number of carbonyl (C=O) groups is 1. The van der Waals surface area contributed by atoms with Crippen LogP contribution in [0.1, 0.15) is 6.42 Å². The van der Waals surface area contributed by atoms with Crippen LogP contribution in [-0.2, 0) is 21.2 Å². The predicted octanol–water partition coefficient (Wildman–Crippen LogP) is 0.649. The number of benzene rings is 2. The first kappa shape index (κ1) is 19.1. The lowest BCUT2D eigenvalue weighted by atomic mass is 10.2. The molecule has 2 heterocycles. The summed E-state index contributed by atoms with van der Waals surface area (Å²) in [6, 6.07) is 17.1. The molecule has 0 N–H and O–H groups in total. The fraction of sp³-hybridized carbons (Fsp3) is 0.263. The Bertz CT molecular complexity index is 1170. The second kappa shape index (κ2) is 7.63. The Hall–Kier alpha value is -3.27. The van der Waals surface area contributed by atoms with Crippen molar-refractivity contribution in [2.75, 3.05) is 16.4 Å². The van der Waals surface area contributed by atoms with Gasteiger partial charge in [-0.25, -0.2) is 13.2 Å². The maximum Gasteiger partial charge on any atom is 0.368 e. The summed E-state index contributed by atoms with van der Waals surface area (Å²) in [6.45, 7) is -0.336. The molecular weight excluding hydrogens is 394 g/mol. The van der Waals surface area contributed by atoms with Crippen LogP contribution in [0.15, 0.2) is 65.5 Å². The molecule has 1 saturated heterocycles. The van der Waals surface area contributed by atoms with Crippen molar-refractivity contribution in [2.45, 2.75) is 19.0 Å². The highest BCUT2D eigenvalue weighted by atomic mass is 32.2. The lowest BCUT2D eigenvalue weighted by molar-refractivity contribution is -0.119. The smallest absolute Gasteiger partial charge is 0.307 e. The van der Waals surface area contributed by atoms with Crippen LogP contribution >= 0.6 is 0 Å². The Morgan fingerprint density at radius 3 is 2.31 bits per heavy atom. The molecule has 0 unspecified atom stereocenters. The van der Waals surface area contributed by atoms with Crippen molar-refractivity contribution in [2.24, 2.45) is 0 Å². The lowest BCUT2D eigenvalue weighted by Gasteiger charge is -2.28. The SMILES string of the molecule is O=C(Cn1nnn(-c2ccccc2)c1=O)N(c1ccccc1)[C@@H]1CCS(=O)(=O)C1. The molecule has 3 aromatic rings. The van der Waals surface area contributed by atoms with Gasteiger partial charge in [-0.3, -0.25) is 4.79 Å². The molecule has 1 atom stereocenters. The molecule has 29 heavy (non-hydrogen) atoms. The Morgan fingerprint density at radius 2 is 1.69 bits per heavy atom. The van der Waals surface area contributed by atoms with E-state index in [1.165, 1.54) is 4.90 Å².